The van der Waals surface area contributed by atoms with Crippen molar-refractivity contribution in [3.8, 4) is 11.5 Å². The summed E-state index contributed by atoms with van der Waals surface area (Å²) in [5, 5.41) is 9.45. The zero-order valence-corrected chi connectivity index (χ0v) is 12.9. The average molecular weight is 288 g/mol. The Kier molecular flexibility index (Phi) is 4.33. The van der Waals surface area contributed by atoms with E-state index in [0.29, 0.717) is 11.3 Å². The van der Waals surface area contributed by atoms with Crippen LogP contribution in [0.5, 0.6) is 11.5 Å². The number of halogens is 1. The first kappa shape index (κ1) is 15.5. The van der Waals surface area contributed by atoms with Crippen LogP contribution in [-0.4, -0.2) is 5.11 Å². The topological polar surface area (TPSA) is 29.5 Å². The summed E-state index contributed by atoms with van der Waals surface area (Å²) in [6.07, 6.45) is -0.697. The maximum Gasteiger partial charge on any atom is 0.166 e. The third-order valence-corrected chi connectivity index (χ3v) is 3.37. The molecule has 0 bridgehead atoms. The summed E-state index contributed by atoms with van der Waals surface area (Å²) in [4.78, 5) is 0. The summed E-state index contributed by atoms with van der Waals surface area (Å²) in [5.74, 6) is 0.283. The largest absolute Gasteiger partial charge is 0.454 e. The van der Waals surface area contributed by atoms with E-state index < -0.39 is 11.9 Å². The Morgan fingerprint density at radius 1 is 1.10 bits per heavy atom. The van der Waals surface area contributed by atoms with E-state index in [1.165, 1.54) is 6.07 Å². The second kappa shape index (κ2) is 5.86. The normalized spacial score (nSPS) is 13.0. The van der Waals surface area contributed by atoms with Gasteiger partial charge in [-0.15, -0.1) is 0 Å². The minimum atomic E-state index is -0.697. The fraction of sp³-hybridized carbons (Fsp3) is 0.333. The smallest absolute Gasteiger partial charge is 0.166 e. The molecule has 21 heavy (non-hydrogen) atoms. The van der Waals surface area contributed by atoms with E-state index in [1.807, 2.05) is 18.2 Å². The van der Waals surface area contributed by atoms with Crippen molar-refractivity contribution in [2.75, 3.05) is 0 Å². The van der Waals surface area contributed by atoms with Crippen molar-refractivity contribution in [2.24, 2.45) is 0 Å². The molecule has 0 spiro atoms. The molecule has 0 aromatic heterocycles. The lowest BCUT2D eigenvalue weighted by Gasteiger charge is -2.19. The van der Waals surface area contributed by atoms with Gasteiger partial charge in [-0.1, -0.05) is 39.0 Å². The molecule has 0 fully saturated rings. The van der Waals surface area contributed by atoms with Crippen molar-refractivity contribution in [1.82, 2.24) is 0 Å². The van der Waals surface area contributed by atoms with Crippen LogP contribution in [0.1, 0.15) is 44.9 Å². The fourth-order valence-corrected chi connectivity index (χ4v) is 2.01. The number of ether oxygens (including phenoxy) is 1. The van der Waals surface area contributed by atoms with Crippen molar-refractivity contribution in [3.05, 3.63) is 59.4 Å². The molecular weight excluding hydrogens is 267 g/mol. The lowest BCUT2D eigenvalue weighted by atomic mass is 9.87. The van der Waals surface area contributed by atoms with Gasteiger partial charge in [0.25, 0.3) is 0 Å². The van der Waals surface area contributed by atoms with Gasteiger partial charge in [0, 0.05) is 0 Å². The lowest BCUT2D eigenvalue weighted by Crippen LogP contribution is -2.10. The zero-order valence-electron chi connectivity index (χ0n) is 12.9. The van der Waals surface area contributed by atoms with Crippen molar-refractivity contribution >= 4 is 0 Å². The Morgan fingerprint density at radius 2 is 1.81 bits per heavy atom. The van der Waals surface area contributed by atoms with Gasteiger partial charge in [-0.05, 0) is 47.7 Å². The third-order valence-electron chi connectivity index (χ3n) is 3.37. The molecule has 0 unspecified atom stereocenters. The van der Waals surface area contributed by atoms with Crippen LogP contribution in [-0.2, 0) is 5.41 Å². The van der Waals surface area contributed by atoms with Gasteiger partial charge in [0.05, 0.1) is 6.10 Å². The minimum Gasteiger partial charge on any atom is -0.454 e. The molecule has 0 radical (unpaired) electrons. The van der Waals surface area contributed by atoms with Crippen molar-refractivity contribution < 1.29 is 14.2 Å². The van der Waals surface area contributed by atoms with E-state index in [9.17, 15) is 9.50 Å². The maximum atomic E-state index is 14.0. The molecule has 0 amide bonds. The highest BCUT2D eigenvalue weighted by Gasteiger charge is 2.15. The van der Waals surface area contributed by atoms with Gasteiger partial charge in [0.15, 0.2) is 11.6 Å². The van der Waals surface area contributed by atoms with Crippen molar-refractivity contribution in [2.45, 2.75) is 39.2 Å². The Labute approximate surface area is 125 Å². The van der Waals surface area contributed by atoms with E-state index in [1.54, 1.807) is 25.1 Å². The number of hydrogen-bond acceptors (Lipinski definition) is 2. The lowest BCUT2D eigenvalue weighted by molar-refractivity contribution is 0.198. The molecule has 0 aliphatic rings. The van der Waals surface area contributed by atoms with Crippen LogP contribution in [0.2, 0.25) is 0 Å². The molecule has 0 saturated carbocycles. The van der Waals surface area contributed by atoms with E-state index in [4.69, 9.17) is 4.74 Å². The summed E-state index contributed by atoms with van der Waals surface area (Å²) in [5.41, 5.74) is 1.66. The van der Waals surface area contributed by atoms with Crippen LogP contribution in [0.15, 0.2) is 42.5 Å². The standard InChI is InChI=1S/C18H21FO2/c1-12(20)13-8-9-17(16(19)10-13)21-15-7-5-6-14(11-15)18(2,3)4/h5-12,20H,1-4H3/t12-/m0/s1. The highest BCUT2D eigenvalue weighted by Crippen LogP contribution is 2.30. The van der Waals surface area contributed by atoms with Crippen molar-refractivity contribution in [1.29, 1.82) is 0 Å². The Morgan fingerprint density at radius 3 is 2.38 bits per heavy atom. The monoisotopic (exact) mass is 288 g/mol. The molecule has 112 valence electrons. The summed E-state index contributed by atoms with van der Waals surface area (Å²) in [6, 6.07) is 12.2. The molecule has 1 atom stereocenters. The predicted octanol–water partition coefficient (Wildman–Crippen LogP) is 4.97. The molecule has 0 saturated heterocycles. The zero-order chi connectivity index (χ0) is 15.6. The third kappa shape index (κ3) is 3.82. The van der Waals surface area contributed by atoms with Gasteiger partial charge in [0.2, 0.25) is 0 Å². The first-order chi connectivity index (χ1) is 9.77. The van der Waals surface area contributed by atoms with Gasteiger partial charge in [0.1, 0.15) is 5.75 Å². The van der Waals surface area contributed by atoms with Crippen LogP contribution in [0, 0.1) is 5.82 Å². The Balaban J connectivity index is 2.26. The SMILES string of the molecule is C[C@H](O)c1ccc(Oc2cccc(C(C)(C)C)c2)c(F)c1. The van der Waals surface area contributed by atoms with Gasteiger partial charge in [-0.25, -0.2) is 4.39 Å². The average Bonchev–Trinajstić information content (AvgIpc) is 2.40. The maximum absolute atomic E-state index is 14.0. The first-order valence-corrected chi connectivity index (χ1v) is 7.03. The Hall–Kier alpha value is -1.87. The van der Waals surface area contributed by atoms with Crippen molar-refractivity contribution in [3.63, 3.8) is 0 Å². The summed E-state index contributed by atoms with van der Waals surface area (Å²) < 4.78 is 19.6. The Bertz CT molecular complexity index is 627. The molecule has 0 aliphatic heterocycles. The number of benzene rings is 2. The molecule has 2 rings (SSSR count). The van der Waals surface area contributed by atoms with E-state index in [2.05, 4.69) is 20.8 Å². The van der Waals surface area contributed by atoms with Crippen LogP contribution >= 0.6 is 0 Å². The molecule has 2 aromatic carbocycles. The highest BCUT2D eigenvalue weighted by molar-refractivity contribution is 5.38. The molecular formula is C18H21FO2. The second-order valence-electron chi connectivity index (χ2n) is 6.25. The molecule has 0 heterocycles. The van der Waals surface area contributed by atoms with Crippen LogP contribution < -0.4 is 4.74 Å². The molecule has 3 heteroatoms. The van der Waals surface area contributed by atoms with Gasteiger partial charge < -0.3 is 9.84 Å². The minimum absolute atomic E-state index is 0.00803. The van der Waals surface area contributed by atoms with Gasteiger partial charge >= 0.3 is 0 Å². The molecule has 2 aromatic rings. The molecule has 1 N–H and O–H groups in total. The van der Waals surface area contributed by atoms with Crippen LogP contribution in [0.25, 0.3) is 0 Å². The quantitative estimate of drug-likeness (QED) is 0.864. The second-order valence-corrected chi connectivity index (χ2v) is 6.25. The number of rotatable bonds is 3. The summed E-state index contributed by atoms with van der Waals surface area (Å²) in [7, 11) is 0. The number of aliphatic hydroxyl groups excluding tert-OH is 1. The predicted molar refractivity (Wildman–Crippen MR) is 82.2 cm³/mol. The van der Waals surface area contributed by atoms with Crippen LogP contribution in [0.4, 0.5) is 4.39 Å². The molecule has 0 aliphatic carbocycles. The molecule has 2 nitrogen and oxygen atoms in total. The summed E-state index contributed by atoms with van der Waals surface area (Å²) >= 11 is 0. The number of hydrogen-bond donors (Lipinski definition) is 1. The number of aliphatic hydroxyl groups is 1. The highest BCUT2D eigenvalue weighted by atomic mass is 19.1. The summed E-state index contributed by atoms with van der Waals surface area (Å²) in [6.45, 7) is 7.94. The van der Waals surface area contributed by atoms with Gasteiger partial charge in [-0.3, -0.25) is 0 Å². The van der Waals surface area contributed by atoms with Gasteiger partial charge in [-0.2, -0.15) is 0 Å². The first-order valence-electron chi connectivity index (χ1n) is 7.03. The van der Waals surface area contributed by atoms with E-state index in [0.717, 1.165) is 5.56 Å². The van der Waals surface area contributed by atoms with E-state index in [-0.39, 0.29) is 11.2 Å². The fourth-order valence-electron chi connectivity index (χ4n) is 2.01. The van der Waals surface area contributed by atoms with E-state index >= 15 is 0 Å². The van der Waals surface area contributed by atoms with Crippen LogP contribution in [0.3, 0.4) is 0 Å².